The number of aromatic amines is 1. The van der Waals surface area contributed by atoms with Crippen LogP contribution in [0.25, 0.3) is 10.9 Å². The Bertz CT molecular complexity index is 1380. The number of carbonyl (C=O) groups excluding carboxylic acids is 2. The highest BCUT2D eigenvalue weighted by molar-refractivity contribution is 6.31. The Hall–Kier alpha value is -3.97. The number of H-pyrrole nitrogens is 1. The van der Waals surface area contributed by atoms with Gasteiger partial charge in [0.15, 0.2) is 0 Å². The topological polar surface area (TPSA) is 95.2 Å². The maximum Gasteiger partial charge on any atom is 0.408 e. The van der Waals surface area contributed by atoms with Crippen LogP contribution >= 0.6 is 11.6 Å². The van der Waals surface area contributed by atoms with Gasteiger partial charge in [0.05, 0.1) is 17.2 Å². The van der Waals surface area contributed by atoms with E-state index in [4.69, 9.17) is 16.3 Å². The SMILES string of the molecule is CC(C)(C)OC(=O)NCC(=O)N[C@H](Cc1ccccc1)c1cc2cc(Cl)cc(NCc3ccccc3)c2[nH]1. The molecular formula is C30H33ClN4O3. The number of benzene rings is 3. The second-order valence-electron chi connectivity index (χ2n) is 10.1. The fourth-order valence-electron chi connectivity index (χ4n) is 4.15. The highest BCUT2D eigenvalue weighted by Gasteiger charge is 2.21. The van der Waals surface area contributed by atoms with E-state index < -0.39 is 11.7 Å². The minimum absolute atomic E-state index is 0.198. The summed E-state index contributed by atoms with van der Waals surface area (Å²) in [7, 11) is 0. The monoisotopic (exact) mass is 532 g/mol. The number of aromatic nitrogens is 1. The summed E-state index contributed by atoms with van der Waals surface area (Å²) in [6.45, 7) is 5.76. The van der Waals surface area contributed by atoms with Crippen LogP contribution in [0.3, 0.4) is 0 Å². The molecule has 0 saturated carbocycles. The van der Waals surface area contributed by atoms with Crippen molar-refractivity contribution in [1.29, 1.82) is 0 Å². The number of rotatable bonds is 9. The quantitative estimate of drug-likeness (QED) is 0.202. The van der Waals surface area contributed by atoms with Crippen molar-refractivity contribution in [3.8, 4) is 0 Å². The van der Waals surface area contributed by atoms with Crippen molar-refractivity contribution in [2.45, 2.75) is 45.4 Å². The number of alkyl carbamates (subject to hydrolysis) is 1. The van der Waals surface area contributed by atoms with Gasteiger partial charge in [-0.05, 0) is 56.5 Å². The van der Waals surface area contributed by atoms with Crippen LogP contribution in [0.15, 0.2) is 78.9 Å². The van der Waals surface area contributed by atoms with Gasteiger partial charge in [0.25, 0.3) is 0 Å². The zero-order valence-electron chi connectivity index (χ0n) is 21.8. The molecule has 0 bridgehead atoms. The zero-order valence-corrected chi connectivity index (χ0v) is 22.6. The molecule has 4 rings (SSSR count). The standard InChI is InChI=1S/C30H33ClN4O3/c1-30(2,3)38-29(37)33-19-27(36)34-24(14-20-10-6-4-7-11-20)25-16-22-15-23(31)17-26(28(22)35-25)32-18-21-12-8-5-9-13-21/h4-13,15-17,24,32,35H,14,18-19H2,1-3H3,(H,33,37)(H,34,36)/t24-/m1/s1. The molecule has 0 saturated heterocycles. The van der Waals surface area contributed by atoms with Crippen LogP contribution < -0.4 is 16.0 Å². The molecule has 1 heterocycles. The smallest absolute Gasteiger partial charge is 0.408 e. The molecule has 1 aromatic heterocycles. The summed E-state index contributed by atoms with van der Waals surface area (Å²) in [5.74, 6) is -0.323. The average molecular weight is 533 g/mol. The van der Waals surface area contributed by atoms with E-state index in [1.165, 1.54) is 0 Å². The fraction of sp³-hybridized carbons (Fsp3) is 0.267. The molecule has 0 spiro atoms. The third-order valence-corrected chi connectivity index (χ3v) is 6.04. The summed E-state index contributed by atoms with van der Waals surface area (Å²) in [5, 5.41) is 10.6. The molecule has 0 fully saturated rings. The second-order valence-corrected chi connectivity index (χ2v) is 10.6. The number of halogens is 1. The minimum atomic E-state index is -0.645. The molecule has 0 aliphatic heterocycles. The van der Waals surface area contributed by atoms with Crippen LogP contribution in [0, 0.1) is 0 Å². The van der Waals surface area contributed by atoms with Gasteiger partial charge in [-0.1, -0.05) is 72.3 Å². The molecule has 2 amide bonds. The maximum atomic E-state index is 12.9. The van der Waals surface area contributed by atoms with Crippen molar-refractivity contribution in [3.05, 3.63) is 101 Å². The second kappa shape index (κ2) is 12.0. The van der Waals surface area contributed by atoms with Crippen LogP contribution in [0.2, 0.25) is 5.02 Å². The minimum Gasteiger partial charge on any atom is -0.444 e. The van der Waals surface area contributed by atoms with Crippen molar-refractivity contribution in [1.82, 2.24) is 15.6 Å². The van der Waals surface area contributed by atoms with E-state index in [0.29, 0.717) is 18.0 Å². The van der Waals surface area contributed by atoms with Crippen molar-refractivity contribution >= 4 is 40.2 Å². The van der Waals surface area contributed by atoms with E-state index in [9.17, 15) is 9.59 Å². The Kier molecular flexibility index (Phi) is 8.59. The number of anilines is 1. The summed E-state index contributed by atoms with van der Waals surface area (Å²) in [4.78, 5) is 28.4. The van der Waals surface area contributed by atoms with Gasteiger partial charge in [0.2, 0.25) is 5.91 Å². The molecule has 4 aromatic rings. The van der Waals surface area contributed by atoms with Crippen LogP contribution in [0.5, 0.6) is 0 Å². The summed E-state index contributed by atoms with van der Waals surface area (Å²) in [5.41, 5.74) is 4.18. The third kappa shape index (κ3) is 7.76. The molecule has 7 nitrogen and oxygen atoms in total. The summed E-state index contributed by atoms with van der Waals surface area (Å²) in [6.07, 6.45) is -0.0755. The van der Waals surface area contributed by atoms with Crippen LogP contribution in [0.1, 0.15) is 43.6 Å². The van der Waals surface area contributed by atoms with Gasteiger partial charge < -0.3 is 25.7 Å². The lowest BCUT2D eigenvalue weighted by Gasteiger charge is -2.21. The number of fused-ring (bicyclic) bond motifs is 1. The van der Waals surface area contributed by atoms with Crippen molar-refractivity contribution in [2.75, 3.05) is 11.9 Å². The van der Waals surface area contributed by atoms with E-state index in [2.05, 4.69) is 33.1 Å². The molecule has 198 valence electrons. The van der Waals surface area contributed by atoms with E-state index in [1.807, 2.05) is 66.7 Å². The van der Waals surface area contributed by atoms with Crippen LogP contribution in [-0.4, -0.2) is 29.1 Å². The predicted octanol–water partition coefficient (Wildman–Crippen LogP) is 6.36. The molecule has 3 aromatic carbocycles. The van der Waals surface area contributed by atoms with E-state index in [-0.39, 0.29) is 18.5 Å². The molecule has 8 heteroatoms. The molecular weight excluding hydrogens is 500 g/mol. The number of hydrogen-bond donors (Lipinski definition) is 4. The Morgan fingerprint density at radius 1 is 0.947 bits per heavy atom. The first-order valence-corrected chi connectivity index (χ1v) is 12.9. The Balaban J connectivity index is 1.55. The van der Waals surface area contributed by atoms with Gasteiger partial charge in [0, 0.05) is 22.6 Å². The van der Waals surface area contributed by atoms with Crippen molar-refractivity contribution in [3.63, 3.8) is 0 Å². The Labute approximate surface area is 227 Å². The molecule has 4 N–H and O–H groups in total. The van der Waals surface area contributed by atoms with Gasteiger partial charge in [-0.2, -0.15) is 0 Å². The highest BCUT2D eigenvalue weighted by atomic mass is 35.5. The molecule has 0 aliphatic carbocycles. The number of carbonyl (C=O) groups is 2. The van der Waals surface area contributed by atoms with Crippen molar-refractivity contribution in [2.24, 2.45) is 0 Å². The molecule has 1 atom stereocenters. The number of ether oxygens (including phenoxy) is 1. The summed E-state index contributed by atoms with van der Waals surface area (Å²) in [6, 6.07) is 25.5. The first kappa shape index (κ1) is 27.1. The average Bonchev–Trinajstić information content (AvgIpc) is 3.30. The van der Waals surface area contributed by atoms with Gasteiger partial charge in [-0.15, -0.1) is 0 Å². The van der Waals surface area contributed by atoms with Crippen LogP contribution in [0.4, 0.5) is 10.5 Å². The van der Waals surface area contributed by atoms with Crippen molar-refractivity contribution < 1.29 is 14.3 Å². The maximum absolute atomic E-state index is 12.9. The highest BCUT2D eigenvalue weighted by Crippen LogP contribution is 2.31. The van der Waals surface area contributed by atoms with Gasteiger partial charge >= 0.3 is 6.09 Å². The van der Waals surface area contributed by atoms with E-state index in [0.717, 1.165) is 33.4 Å². The van der Waals surface area contributed by atoms with E-state index in [1.54, 1.807) is 20.8 Å². The first-order valence-electron chi connectivity index (χ1n) is 12.6. The number of nitrogens with one attached hydrogen (secondary N) is 4. The van der Waals surface area contributed by atoms with Crippen LogP contribution in [-0.2, 0) is 22.5 Å². The lowest BCUT2D eigenvalue weighted by molar-refractivity contribution is -0.121. The number of amides is 2. The van der Waals surface area contributed by atoms with Gasteiger partial charge in [-0.3, -0.25) is 4.79 Å². The summed E-state index contributed by atoms with van der Waals surface area (Å²) >= 11 is 6.45. The Morgan fingerprint density at radius 3 is 2.26 bits per heavy atom. The number of hydrogen-bond acceptors (Lipinski definition) is 4. The third-order valence-electron chi connectivity index (χ3n) is 5.83. The Morgan fingerprint density at radius 2 is 1.61 bits per heavy atom. The van der Waals surface area contributed by atoms with Gasteiger partial charge in [0.1, 0.15) is 12.1 Å². The fourth-order valence-corrected chi connectivity index (χ4v) is 4.38. The molecule has 38 heavy (non-hydrogen) atoms. The zero-order chi connectivity index (χ0) is 27.1. The van der Waals surface area contributed by atoms with E-state index >= 15 is 0 Å². The normalized spacial score (nSPS) is 12.1. The lowest BCUT2D eigenvalue weighted by atomic mass is 10.0. The van der Waals surface area contributed by atoms with Gasteiger partial charge in [-0.25, -0.2) is 4.79 Å². The largest absolute Gasteiger partial charge is 0.444 e. The lowest BCUT2D eigenvalue weighted by Crippen LogP contribution is -2.41. The molecule has 0 unspecified atom stereocenters. The predicted molar refractivity (Wildman–Crippen MR) is 152 cm³/mol. The molecule has 0 radical (unpaired) electrons. The first-order chi connectivity index (χ1) is 18.2. The summed E-state index contributed by atoms with van der Waals surface area (Å²) < 4.78 is 5.24. The molecule has 0 aliphatic rings.